The van der Waals surface area contributed by atoms with Gasteiger partial charge in [-0.05, 0) is 36.1 Å². The van der Waals surface area contributed by atoms with E-state index in [4.69, 9.17) is 4.74 Å². The number of fused-ring (bicyclic) bond motifs is 1. The van der Waals surface area contributed by atoms with E-state index >= 15 is 0 Å². The molecule has 2 N–H and O–H groups in total. The lowest BCUT2D eigenvalue weighted by molar-refractivity contribution is 0.284. The van der Waals surface area contributed by atoms with E-state index < -0.39 is 0 Å². The number of nitrogens with one attached hydrogen (secondary N) is 1. The molecule has 0 saturated heterocycles. The Bertz CT molecular complexity index is 748. The van der Waals surface area contributed by atoms with Crippen molar-refractivity contribution in [3.05, 3.63) is 95.6 Å². The van der Waals surface area contributed by atoms with Crippen molar-refractivity contribution in [1.82, 2.24) is 5.32 Å². The van der Waals surface area contributed by atoms with Crippen LogP contribution in [0.3, 0.4) is 0 Å². The summed E-state index contributed by atoms with van der Waals surface area (Å²) in [6.07, 6.45) is 1.94. The molecule has 0 bridgehead atoms. The quantitative estimate of drug-likeness (QED) is 0.719. The van der Waals surface area contributed by atoms with Crippen molar-refractivity contribution in [2.75, 3.05) is 6.61 Å². The highest BCUT2D eigenvalue weighted by molar-refractivity contribution is 5.44. The lowest BCUT2D eigenvalue weighted by Crippen LogP contribution is -2.12. The SMILES string of the molecule is Oc1cccc2c1CCCO2.c1ccc(CNCc2ccccc2)cc1. The van der Waals surface area contributed by atoms with Crippen LogP contribution in [-0.4, -0.2) is 11.7 Å². The van der Waals surface area contributed by atoms with Crippen LogP contribution in [0.2, 0.25) is 0 Å². The number of rotatable bonds is 4. The zero-order valence-electron chi connectivity index (χ0n) is 14.9. The van der Waals surface area contributed by atoms with Crippen LogP contribution in [0, 0.1) is 0 Å². The average molecular weight is 347 g/mol. The Kier molecular flexibility index (Phi) is 6.68. The third-order valence-electron chi connectivity index (χ3n) is 4.28. The van der Waals surface area contributed by atoms with Gasteiger partial charge in [0.05, 0.1) is 6.61 Å². The zero-order valence-corrected chi connectivity index (χ0v) is 14.9. The van der Waals surface area contributed by atoms with E-state index in [9.17, 15) is 5.11 Å². The molecule has 0 saturated carbocycles. The fourth-order valence-corrected chi connectivity index (χ4v) is 2.91. The van der Waals surface area contributed by atoms with Gasteiger partial charge in [-0.2, -0.15) is 0 Å². The van der Waals surface area contributed by atoms with Crippen molar-refractivity contribution in [2.24, 2.45) is 0 Å². The van der Waals surface area contributed by atoms with E-state index in [2.05, 4.69) is 53.8 Å². The molecule has 0 aliphatic carbocycles. The van der Waals surface area contributed by atoms with Crippen LogP contribution in [0.4, 0.5) is 0 Å². The number of phenolic OH excluding ortho intramolecular Hbond substituents is 1. The highest BCUT2D eigenvalue weighted by Crippen LogP contribution is 2.31. The van der Waals surface area contributed by atoms with Crippen LogP contribution < -0.4 is 10.1 Å². The zero-order chi connectivity index (χ0) is 18.0. The van der Waals surface area contributed by atoms with Gasteiger partial charge in [0.1, 0.15) is 11.5 Å². The highest BCUT2D eigenvalue weighted by atomic mass is 16.5. The Labute approximate surface area is 155 Å². The first-order chi connectivity index (χ1) is 12.8. The Morgan fingerprint density at radius 1 is 0.769 bits per heavy atom. The smallest absolute Gasteiger partial charge is 0.126 e. The van der Waals surface area contributed by atoms with E-state index in [0.717, 1.165) is 43.9 Å². The fraction of sp³-hybridized carbons (Fsp3) is 0.217. The van der Waals surface area contributed by atoms with Gasteiger partial charge in [0.25, 0.3) is 0 Å². The topological polar surface area (TPSA) is 41.5 Å². The van der Waals surface area contributed by atoms with Crippen molar-refractivity contribution in [3.8, 4) is 11.5 Å². The van der Waals surface area contributed by atoms with Crippen molar-refractivity contribution in [3.63, 3.8) is 0 Å². The highest BCUT2D eigenvalue weighted by Gasteiger charge is 2.12. The third-order valence-corrected chi connectivity index (χ3v) is 4.28. The summed E-state index contributed by atoms with van der Waals surface area (Å²) in [5.41, 5.74) is 3.61. The Morgan fingerprint density at radius 2 is 1.38 bits per heavy atom. The molecule has 3 aromatic carbocycles. The molecule has 3 aromatic rings. The molecule has 4 rings (SSSR count). The predicted molar refractivity (Wildman–Crippen MR) is 105 cm³/mol. The van der Waals surface area contributed by atoms with Gasteiger partial charge in [-0.3, -0.25) is 0 Å². The summed E-state index contributed by atoms with van der Waals surface area (Å²) < 4.78 is 5.34. The molecule has 0 amide bonds. The predicted octanol–water partition coefficient (Wildman–Crippen LogP) is 4.69. The van der Waals surface area contributed by atoms with Gasteiger partial charge in [0.15, 0.2) is 0 Å². The van der Waals surface area contributed by atoms with Crippen LogP contribution in [0.15, 0.2) is 78.9 Å². The molecule has 1 aliphatic rings. The minimum Gasteiger partial charge on any atom is -0.508 e. The summed E-state index contributed by atoms with van der Waals surface area (Å²) in [6, 6.07) is 26.3. The summed E-state index contributed by atoms with van der Waals surface area (Å²) in [6.45, 7) is 2.63. The van der Waals surface area contributed by atoms with Gasteiger partial charge in [0.2, 0.25) is 0 Å². The molecule has 0 fully saturated rings. The maximum Gasteiger partial charge on any atom is 0.126 e. The van der Waals surface area contributed by atoms with Gasteiger partial charge in [-0.1, -0.05) is 66.7 Å². The largest absolute Gasteiger partial charge is 0.508 e. The summed E-state index contributed by atoms with van der Waals surface area (Å²) in [5.74, 6) is 1.21. The standard InChI is InChI=1S/C14H15N.C9H10O2/c1-3-7-13(8-4-1)11-15-12-14-9-5-2-6-10-14;10-8-4-1-5-9-7(8)3-2-6-11-9/h1-10,15H,11-12H2;1,4-5,10H,2-3,6H2. The number of ether oxygens (including phenoxy) is 1. The first kappa shape index (κ1) is 18.0. The van der Waals surface area contributed by atoms with Crippen LogP contribution in [-0.2, 0) is 19.5 Å². The lowest BCUT2D eigenvalue weighted by atomic mass is 10.1. The lowest BCUT2D eigenvalue weighted by Gasteiger charge is -2.17. The molecule has 0 unspecified atom stereocenters. The molecule has 3 heteroatoms. The minimum absolute atomic E-state index is 0.363. The fourth-order valence-electron chi connectivity index (χ4n) is 2.91. The van der Waals surface area contributed by atoms with Crippen molar-refractivity contribution >= 4 is 0 Å². The summed E-state index contributed by atoms with van der Waals surface area (Å²) >= 11 is 0. The molecule has 26 heavy (non-hydrogen) atoms. The molecule has 3 nitrogen and oxygen atoms in total. The monoisotopic (exact) mass is 347 g/mol. The number of phenols is 1. The Hall–Kier alpha value is -2.78. The molecular weight excluding hydrogens is 322 g/mol. The van der Waals surface area contributed by atoms with Crippen LogP contribution in [0.1, 0.15) is 23.1 Å². The number of hydrogen-bond acceptors (Lipinski definition) is 3. The molecule has 0 aromatic heterocycles. The van der Waals surface area contributed by atoms with Gasteiger partial charge < -0.3 is 15.2 Å². The van der Waals surface area contributed by atoms with Crippen LogP contribution in [0.25, 0.3) is 0 Å². The van der Waals surface area contributed by atoms with Crippen molar-refractivity contribution in [1.29, 1.82) is 0 Å². The Balaban J connectivity index is 0.000000158. The van der Waals surface area contributed by atoms with Crippen LogP contribution in [0.5, 0.6) is 11.5 Å². The van der Waals surface area contributed by atoms with Crippen LogP contribution >= 0.6 is 0 Å². The van der Waals surface area contributed by atoms with Gasteiger partial charge in [-0.25, -0.2) is 0 Å². The van der Waals surface area contributed by atoms with E-state index in [1.54, 1.807) is 12.1 Å². The van der Waals surface area contributed by atoms with Gasteiger partial charge >= 0.3 is 0 Å². The molecule has 0 radical (unpaired) electrons. The number of benzene rings is 3. The molecule has 1 heterocycles. The van der Waals surface area contributed by atoms with E-state index in [-0.39, 0.29) is 0 Å². The van der Waals surface area contributed by atoms with E-state index in [0.29, 0.717) is 5.75 Å². The molecule has 1 aliphatic heterocycles. The molecule has 134 valence electrons. The Morgan fingerprint density at radius 3 is 1.96 bits per heavy atom. The minimum atomic E-state index is 0.363. The maximum absolute atomic E-state index is 9.38. The first-order valence-corrected chi connectivity index (χ1v) is 9.05. The second-order valence-electron chi connectivity index (χ2n) is 6.28. The summed E-state index contributed by atoms with van der Waals surface area (Å²) in [7, 11) is 0. The van der Waals surface area contributed by atoms with Gasteiger partial charge in [0, 0.05) is 18.7 Å². The molecular formula is C23H25NO2. The second-order valence-corrected chi connectivity index (χ2v) is 6.28. The molecule has 0 atom stereocenters. The number of hydrogen-bond donors (Lipinski definition) is 2. The maximum atomic E-state index is 9.38. The first-order valence-electron chi connectivity index (χ1n) is 9.05. The van der Waals surface area contributed by atoms with E-state index in [1.807, 2.05) is 18.2 Å². The molecule has 0 spiro atoms. The number of aromatic hydroxyl groups is 1. The summed E-state index contributed by atoms with van der Waals surface area (Å²) in [4.78, 5) is 0. The van der Waals surface area contributed by atoms with Gasteiger partial charge in [-0.15, -0.1) is 0 Å². The summed E-state index contributed by atoms with van der Waals surface area (Å²) in [5, 5.41) is 12.8. The normalized spacial score (nSPS) is 12.3. The average Bonchev–Trinajstić information content (AvgIpc) is 2.71. The van der Waals surface area contributed by atoms with Crippen molar-refractivity contribution < 1.29 is 9.84 Å². The third kappa shape index (κ3) is 5.36. The second kappa shape index (κ2) is 9.64. The van der Waals surface area contributed by atoms with E-state index in [1.165, 1.54) is 11.1 Å². The van der Waals surface area contributed by atoms with Crippen molar-refractivity contribution in [2.45, 2.75) is 25.9 Å².